The smallest absolute Gasteiger partial charge is 0.130 e. The molecule has 0 aromatic heterocycles. The van der Waals surface area contributed by atoms with Crippen LogP contribution in [-0.4, -0.2) is 0 Å². The van der Waals surface area contributed by atoms with Crippen molar-refractivity contribution in [1.82, 2.24) is 0 Å². The lowest BCUT2D eigenvalue weighted by Crippen LogP contribution is -2.08. The van der Waals surface area contributed by atoms with Gasteiger partial charge in [0, 0.05) is 0 Å². The fourth-order valence-corrected chi connectivity index (χ4v) is 4.77. The Morgan fingerprint density at radius 1 is 0.520 bits per heavy atom. The van der Waals surface area contributed by atoms with E-state index in [1.807, 2.05) is 0 Å². The zero-order valence-corrected chi connectivity index (χ0v) is 15.3. The van der Waals surface area contributed by atoms with Crippen LogP contribution in [0.5, 0.6) is 11.5 Å². The monoisotopic (exact) mass is 334 g/mol. The van der Waals surface area contributed by atoms with Crippen LogP contribution in [0.25, 0.3) is 0 Å². The van der Waals surface area contributed by atoms with Gasteiger partial charge in [-0.05, 0) is 60.8 Å². The van der Waals surface area contributed by atoms with Crippen LogP contribution in [0.15, 0.2) is 48.5 Å². The van der Waals surface area contributed by atoms with Crippen LogP contribution in [-0.2, 0) is 0 Å². The van der Waals surface area contributed by atoms with Crippen molar-refractivity contribution >= 4 is 0 Å². The molecule has 25 heavy (non-hydrogen) atoms. The Morgan fingerprint density at radius 2 is 0.920 bits per heavy atom. The Kier molecular flexibility index (Phi) is 5.40. The number of ether oxygens (including phenoxy) is 1. The minimum atomic E-state index is 0.673. The van der Waals surface area contributed by atoms with Crippen LogP contribution in [0, 0.1) is 0 Å². The van der Waals surface area contributed by atoms with Gasteiger partial charge in [-0.1, -0.05) is 74.9 Å². The van der Waals surface area contributed by atoms with Gasteiger partial charge in [-0.25, -0.2) is 0 Å². The minimum Gasteiger partial charge on any atom is -0.457 e. The largest absolute Gasteiger partial charge is 0.457 e. The summed E-state index contributed by atoms with van der Waals surface area (Å²) in [6, 6.07) is 17.5. The van der Waals surface area contributed by atoms with Gasteiger partial charge in [-0.2, -0.15) is 0 Å². The van der Waals surface area contributed by atoms with E-state index in [2.05, 4.69) is 48.5 Å². The molecule has 0 bridgehead atoms. The van der Waals surface area contributed by atoms with Crippen LogP contribution in [0.2, 0.25) is 0 Å². The Morgan fingerprint density at radius 3 is 1.36 bits per heavy atom. The van der Waals surface area contributed by atoms with Crippen molar-refractivity contribution in [2.45, 2.75) is 76.0 Å². The van der Waals surface area contributed by atoms with Gasteiger partial charge in [0.15, 0.2) is 0 Å². The maximum Gasteiger partial charge on any atom is 0.130 e. The first-order chi connectivity index (χ1) is 12.4. The van der Waals surface area contributed by atoms with Crippen LogP contribution >= 0.6 is 0 Å². The lowest BCUT2D eigenvalue weighted by Gasteiger charge is -2.26. The van der Waals surface area contributed by atoms with E-state index in [4.69, 9.17) is 4.74 Å². The number of hydrogen-bond donors (Lipinski definition) is 0. The van der Waals surface area contributed by atoms with Crippen molar-refractivity contribution < 1.29 is 4.74 Å². The third-order valence-electron chi connectivity index (χ3n) is 6.15. The van der Waals surface area contributed by atoms with Crippen LogP contribution < -0.4 is 4.74 Å². The van der Waals surface area contributed by atoms with E-state index in [1.54, 1.807) is 0 Å². The van der Waals surface area contributed by atoms with Crippen molar-refractivity contribution in [2.24, 2.45) is 0 Å². The Hall–Kier alpha value is -1.76. The molecule has 2 aliphatic rings. The second-order valence-electron chi connectivity index (χ2n) is 7.85. The molecule has 0 spiro atoms. The van der Waals surface area contributed by atoms with Crippen LogP contribution in [0.1, 0.15) is 87.2 Å². The molecule has 2 aliphatic carbocycles. The van der Waals surface area contributed by atoms with Crippen molar-refractivity contribution in [1.29, 1.82) is 0 Å². The zero-order valence-electron chi connectivity index (χ0n) is 15.3. The fourth-order valence-electron chi connectivity index (χ4n) is 4.77. The molecule has 0 radical (unpaired) electrons. The van der Waals surface area contributed by atoms with E-state index in [9.17, 15) is 0 Å². The molecular weight excluding hydrogens is 304 g/mol. The summed E-state index contributed by atoms with van der Waals surface area (Å²) in [5, 5.41) is 0. The highest BCUT2D eigenvalue weighted by atomic mass is 16.5. The van der Waals surface area contributed by atoms with E-state index in [1.165, 1.54) is 75.3 Å². The predicted molar refractivity (Wildman–Crippen MR) is 105 cm³/mol. The second kappa shape index (κ2) is 8.08. The van der Waals surface area contributed by atoms with Gasteiger partial charge in [-0.3, -0.25) is 0 Å². The molecule has 0 saturated heterocycles. The van der Waals surface area contributed by atoms with E-state index in [0.29, 0.717) is 11.8 Å². The topological polar surface area (TPSA) is 9.23 Å². The van der Waals surface area contributed by atoms with Crippen molar-refractivity contribution in [2.75, 3.05) is 0 Å². The van der Waals surface area contributed by atoms with E-state index < -0.39 is 0 Å². The Balaban J connectivity index is 1.60. The van der Waals surface area contributed by atoms with Gasteiger partial charge in [-0.15, -0.1) is 0 Å². The Labute approximate surface area is 152 Å². The summed E-state index contributed by atoms with van der Waals surface area (Å²) >= 11 is 0. The van der Waals surface area contributed by atoms with Crippen molar-refractivity contribution in [3.05, 3.63) is 59.7 Å². The quantitative estimate of drug-likeness (QED) is 0.560. The molecule has 2 aromatic carbocycles. The second-order valence-corrected chi connectivity index (χ2v) is 7.85. The van der Waals surface area contributed by atoms with Gasteiger partial charge in [0.25, 0.3) is 0 Å². The van der Waals surface area contributed by atoms with E-state index in [0.717, 1.165) is 11.5 Å². The van der Waals surface area contributed by atoms with Gasteiger partial charge in [0.2, 0.25) is 0 Å². The fraction of sp³-hybridized carbons (Fsp3) is 0.500. The third-order valence-corrected chi connectivity index (χ3v) is 6.15. The summed E-state index contributed by atoms with van der Waals surface area (Å²) in [6.07, 6.45) is 13.5. The molecule has 4 rings (SSSR count). The minimum absolute atomic E-state index is 0.673. The molecule has 0 heterocycles. The number of rotatable bonds is 4. The van der Waals surface area contributed by atoms with Gasteiger partial charge in [0.05, 0.1) is 0 Å². The maximum absolute atomic E-state index is 6.55. The highest BCUT2D eigenvalue weighted by Crippen LogP contribution is 2.42. The Bertz CT molecular complexity index is 618. The van der Waals surface area contributed by atoms with Gasteiger partial charge < -0.3 is 4.74 Å². The molecule has 0 atom stereocenters. The molecular formula is C24H30O. The average molecular weight is 335 g/mol. The normalized spacial score (nSPS) is 19.7. The van der Waals surface area contributed by atoms with Crippen LogP contribution in [0.3, 0.4) is 0 Å². The SMILES string of the molecule is c1ccc(C2CCCCC2)c(Oc2ccccc2C2CCCCC2)c1. The predicted octanol–water partition coefficient (Wildman–Crippen LogP) is 7.57. The number of benzene rings is 2. The molecule has 0 unspecified atom stereocenters. The number of para-hydroxylation sites is 2. The number of hydrogen-bond acceptors (Lipinski definition) is 1. The maximum atomic E-state index is 6.55. The van der Waals surface area contributed by atoms with Gasteiger partial charge in [0.1, 0.15) is 11.5 Å². The zero-order chi connectivity index (χ0) is 16.9. The van der Waals surface area contributed by atoms with Crippen molar-refractivity contribution in [3.8, 4) is 11.5 Å². The molecule has 0 amide bonds. The van der Waals surface area contributed by atoms with Crippen LogP contribution in [0.4, 0.5) is 0 Å². The highest BCUT2D eigenvalue weighted by molar-refractivity contribution is 5.44. The lowest BCUT2D eigenvalue weighted by molar-refractivity contribution is 0.403. The van der Waals surface area contributed by atoms with Crippen molar-refractivity contribution in [3.63, 3.8) is 0 Å². The third kappa shape index (κ3) is 3.92. The first-order valence-electron chi connectivity index (χ1n) is 10.3. The molecule has 0 N–H and O–H groups in total. The molecule has 1 nitrogen and oxygen atoms in total. The standard InChI is InChI=1S/C24H30O/c1-3-11-19(12-4-1)21-15-7-9-17-23(21)25-24-18-10-8-16-22(24)20-13-5-2-6-14-20/h7-10,15-20H,1-6,11-14H2. The summed E-state index contributed by atoms with van der Waals surface area (Å²) in [7, 11) is 0. The summed E-state index contributed by atoms with van der Waals surface area (Å²) in [4.78, 5) is 0. The summed E-state index contributed by atoms with van der Waals surface area (Å²) in [5.74, 6) is 3.51. The summed E-state index contributed by atoms with van der Waals surface area (Å²) in [5.41, 5.74) is 2.83. The molecule has 2 fully saturated rings. The lowest BCUT2D eigenvalue weighted by atomic mass is 9.83. The molecule has 132 valence electrons. The first kappa shape index (κ1) is 16.7. The van der Waals surface area contributed by atoms with E-state index >= 15 is 0 Å². The molecule has 0 aliphatic heterocycles. The average Bonchev–Trinajstić information content (AvgIpc) is 2.70. The molecule has 1 heteroatoms. The highest BCUT2D eigenvalue weighted by Gasteiger charge is 2.22. The first-order valence-corrected chi connectivity index (χ1v) is 10.3. The molecule has 2 aromatic rings. The summed E-state index contributed by atoms with van der Waals surface area (Å²) in [6.45, 7) is 0. The summed E-state index contributed by atoms with van der Waals surface area (Å²) < 4.78 is 6.55. The van der Waals surface area contributed by atoms with Gasteiger partial charge >= 0.3 is 0 Å². The van der Waals surface area contributed by atoms with E-state index in [-0.39, 0.29) is 0 Å². The molecule has 2 saturated carbocycles.